The number of benzene rings is 1. The maximum Gasteiger partial charge on any atom is 0.0656 e. The van der Waals surface area contributed by atoms with Gasteiger partial charge in [-0.15, -0.1) is 0 Å². The summed E-state index contributed by atoms with van der Waals surface area (Å²) in [5, 5.41) is 2.07. The van der Waals surface area contributed by atoms with E-state index in [0.29, 0.717) is 0 Å². The zero-order valence-electron chi connectivity index (χ0n) is 14.6. The van der Waals surface area contributed by atoms with Gasteiger partial charge in [-0.3, -0.25) is 4.84 Å². The van der Waals surface area contributed by atoms with Crippen LogP contribution in [0.4, 0.5) is 5.69 Å². The number of hydrogen-bond acceptors (Lipinski definition) is 3. The Hall–Kier alpha value is -1.06. The van der Waals surface area contributed by atoms with Crippen molar-refractivity contribution < 1.29 is 4.84 Å². The molecule has 2 rings (SSSR count). The molecule has 120 valence electrons. The van der Waals surface area contributed by atoms with Crippen molar-refractivity contribution in [3.8, 4) is 0 Å². The minimum absolute atomic E-state index is 0.228. The lowest BCUT2D eigenvalue weighted by Gasteiger charge is -2.35. The van der Waals surface area contributed by atoms with Crippen LogP contribution in [0.15, 0.2) is 24.3 Å². The van der Waals surface area contributed by atoms with E-state index < -0.39 is 0 Å². The van der Waals surface area contributed by atoms with Crippen LogP contribution in [0.2, 0.25) is 0 Å². The Balaban J connectivity index is 0.00000106. The first-order chi connectivity index (χ1) is 10.0. The predicted molar refractivity (Wildman–Crippen MR) is 91.9 cm³/mol. The average molecular weight is 292 g/mol. The Morgan fingerprint density at radius 3 is 1.90 bits per heavy atom. The van der Waals surface area contributed by atoms with E-state index in [0.717, 1.165) is 32.8 Å². The van der Waals surface area contributed by atoms with Crippen LogP contribution in [0.3, 0.4) is 0 Å². The highest BCUT2D eigenvalue weighted by molar-refractivity contribution is 5.48. The molecule has 1 aliphatic heterocycles. The number of rotatable bonds is 3. The van der Waals surface area contributed by atoms with Crippen LogP contribution in [0, 0.1) is 0 Å². The van der Waals surface area contributed by atoms with Gasteiger partial charge in [-0.2, -0.15) is 5.06 Å². The summed E-state index contributed by atoms with van der Waals surface area (Å²) in [5.41, 5.74) is 2.94. The molecule has 1 saturated heterocycles. The fourth-order valence-electron chi connectivity index (χ4n) is 2.43. The summed E-state index contributed by atoms with van der Waals surface area (Å²) in [6.45, 7) is 17.6. The third kappa shape index (κ3) is 5.33. The molecule has 1 aromatic rings. The first-order valence-electron chi connectivity index (χ1n) is 8.24. The quantitative estimate of drug-likeness (QED) is 0.834. The molecule has 0 spiro atoms. The molecule has 1 heterocycles. The van der Waals surface area contributed by atoms with Crippen molar-refractivity contribution in [2.24, 2.45) is 0 Å². The molecule has 3 heteroatoms. The van der Waals surface area contributed by atoms with E-state index in [9.17, 15) is 0 Å². The standard InChI is InChI=1S/C16H26N2O.C2H6/c1-5-19-18-12-10-17(11-13-18)15-8-6-14(7-9-15)16(2,3)4;1-2/h6-9H,5,10-13H2,1-4H3;1-2H3. The molecule has 0 aliphatic carbocycles. The topological polar surface area (TPSA) is 15.7 Å². The van der Waals surface area contributed by atoms with E-state index in [-0.39, 0.29) is 5.41 Å². The number of anilines is 1. The lowest BCUT2D eigenvalue weighted by Crippen LogP contribution is -2.46. The molecule has 0 saturated carbocycles. The maximum absolute atomic E-state index is 5.54. The Kier molecular flexibility index (Phi) is 7.20. The number of hydroxylamine groups is 2. The van der Waals surface area contributed by atoms with E-state index in [1.165, 1.54) is 11.3 Å². The highest BCUT2D eigenvalue weighted by atomic mass is 16.7. The van der Waals surface area contributed by atoms with Gasteiger partial charge in [0.2, 0.25) is 0 Å². The number of hydrogen-bond donors (Lipinski definition) is 0. The smallest absolute Gasteiger partial charge is 0.0656 e. The minimum Gasteiger partial charge on any atom is -0.369 e. The molecule has 1 fully saturated rings. The van der Waals surface area contributed by atoms with Crippen molar-refractivity contribution in [1.82, 2.24) is 5.06 Å². The SMILES string of the molecule is CC.CCON1CCN(c2ccc(C(C)(C)C)cc2)CC1. The zero-order valence-corrected chi connectivity index (χ0v) is 14.6. The number of nitrogens with zero attached hydrogens (tertiary/aromatic N) is 2. The van der Waals surface area contributed by atoms with E-state index >= 15 is 0 Å². The van der Waals surface area contributed by atoms with Crippen LogP contribution in [0.1, 0.15) is 47.1 Å². The van der Waals surface area contributed by atoms with Crippen LogP contribution in [0.25, 0.3) is 0 Å². The van der Waals surface area contributed by atoms with Gasteiger partial charge in [0.05, 0.1) is 6.61 Å². The van der Waals surface area contributed by atoms with Gasteiger partial charge >= 0.3 is 0 Å². The van der Waals surface area contributed by atoms with E-state index in [4.69, 9.17) is 4.84 Å². The van der Waals surface area contributed by atoms with Crippen molar-refractivity contribution in [3.05, 3.63) is 29.8 Å². The summed E-state index contributed by atoms with van der Waals surface area (Å²) >= 11 is 0. The van der Waals surface area contributed by atoms with Crippen LogP contribution >= 0.6 is 0 Å². The van der Waals surface area contributed by atoms with Gasteiger partial charge < -0.3 is 4.90 Å². The first-order valence-corrected chi connectivity index (χ1v) is 8.24. The molecule has 0 unspecified atom stereocenters. The summed E-state index contributed by atoms with van der Waals surface area (Å²) in [4.78, 5) is 7.97. The molecule has 1 aromatic carbocycles. The minimum atomic E-state index is 0.228. The molecular formula is C18H32N2O. The summed E-state index contributed by atoms with van der Waals surface area (Å²) < 4.78 is 0. The van der Waals surface area contributed by atoms with Crippen LogP contribution in [-0.2, 0) is 10.3 Å². The van der Waals surface area contributed by atoms with Crippen LogP contribution in [-0.4, -0.2) is 37.8 Å². The van der Waals surface area contributed by atoms with Crippen molar-refractivity contribution in [2.75, 3.05) is 37.7 Å². The third-order valence-corrected chi connectivity index (χ3v) is 3.65. The maximum atomic E-state index is 5.54. The van der Waals surface area contributed by atoms with E-state index in [2.05, 4.69) is 55.0 Å². The van der Waals surface area contributed by atoms with Crippen molar-refractivity contribution >= 4 is 5.69 Å². The lowest BCUT2D eigenvalue weighted by atomic mass is 9.87. The zero-order chi connectivity index (χ0) is 15.9. The molecule has 21 heavy (non-hydrogen) atoms. The molecule has 0 atom stereocenters. The second kappa shape index (κ2) is 8.40. The van der Waals surface area contributed by atoms with E-state index in [1.807, 2.05) is 20.8 Å². The molecule has 0 aromatic heterocycles. The van der Waals surface area contributed by atoms with Crippen molar-refractivity contribution in [3.63, 3.8) is 0 Å². The van der Waals surface area contributed by atoms with Gasteiger partial charge in [-0.05, 0) is 30.0 Å². The molecule has 3 nitrogen and oxygen atoms in total. The van der Waals surface area contributed by atoms with Crippen LogP contribution < -0.4 is 4.90 Å². The number of piperazine rings is 1. The second-order valence-electron chi connectivity index (χ2n) is 6.13. The summed E-state index contributed by atoms with van der Waals surface area (Å²) in [7, 11) is 0. The first kappa shape index (κ1) is 18.0. The van der Waals surface area contributed by atoms with Crippen molar-refractivity contribution in [2.45, 2.75) is 47.0 Å². The Morgan fingerprint density at radius 2 is 1.48 bits per heavy atom. The highest BCUT2D eigenvalue weighted by Gasteiger charge is 2.18. The fraction of sp³-hybridized carbons (Fsp3) is 0.667. The van der Waals surface area contributed by atoms with Gasteiger partial charge in [0.1, 0.15) is 0 Å². The summed E-state index contributed by atoms with van der Waals surface area (Å²) in [6, 6.07) is 9.00. The molecule has 0 bridgehead atoms. The summed E-state index contributed by atoms with van der Waals surface area (Å²) in [6.07, 6.45) is 0. The predicted octanol–water partition coefficient (Wildman–Crippen LogP) is 4.08. The normalized spacial score (nSPS) is 16.4. The second-order valence-corrected chi connectivity index (χ2v) is 6.13. The largest absolute Gasteiger partial charge is 0.369 e. The molecule has 0 radical (unpaired) electrons. The summed E-state index contributed by atoms with van der Waals surface area (Å²) in [5.74, 6) is 0. The van der Waals surface area contributed by atoms with Crippen LogP contribution in [0.5, 0.6) is 0 Å². The monoisotopic (exact) mass is 292 g/mol. The Morgan fingerprint density at radius 1 is 0.952 bits per heavy atom. The Bertz CT molecular complexity index is 387. The lowest BCUT2D eigenvalue weighted by molar-refractivity contribution is -0.156. The van der Waals surface area contributed by atoms with Gasteiger partial charge in [0.25, 0.3) is 0 Å². The fourth-order valence-corrected chi connectivity index (χ4v) is 2.43. The van der Waals surface area contributed by atoms with Crippen molar-refractivity contribution in [1.29, 1.82) is 0 Å². The van der Waals surface area contributed by atoms with Gasteiger partial charge in [0.15, 0.2) is 0 Å². The van der Waals surface area contributed by atoms with Gasteiger partial charge in [0, 0.05) is 31.9 Å². The molecule has 0 amide bonds. The Labute approximate surface area is 130 Å². The van der Waals surface area contributed by atoms with E-state index in [1.54, 1.807) is 0 Å². The van der Waals surface area contributed by atoms with Gasteiger partial charge in [-0.1, -0.05) is 46.8 Å². The highest BCUT2D eigenvalue weighted by Crippen LogP contribution is 2.25. The van der Waals surface area contributed by atoms with Gasteiger partial charge in [-0.25, -0.2) is 0 Å². The molecule has 0 N–H and O–H groups in total. The molecular weight excluding hydrogens is 260 g/mol. The average Bonchev–Trinajstić information content (AvgIpc) is 2.50. The molecule has 1 aliphatic rings. The third-order valence-electron chi connectivity index (χ3n) is 3.65.